The third-order valence-corrected chi connectivity index (χ3v) is 11.3. The number of rotatable bonds is 11. The maximum absolute atomic E-state index is 13.2. The summed E-state index contributed by atoms with van der Waals surface area (Å²) in [4.78, 5) is 10.3. The van der Waals surface area contributed by atoms with Crippen LogP contribution >= 0.6 is 11.6 Å². The number of imidazole rings is 1. The predicted molar refractivity (Wildman–Crippen MR) is 176 cm³/mol. The SMILES string of the molecule is C=S(=O)(Nc1ccc(-c2nc3c(cc2Cl)nc(OC2COC4C(O)COC24)n3COCC[Si](C)(C)C)cc1)c1ccccc1. The summed E-state index contributed by atoms with van der Waals surface area (Å²) in [6.07, 6.45) is -1.93. The molecule has 2 aromatic heterocycles. The first kappa shape index (κ1) is 31.0. The van der Waals surface area contributed by atoms with Crippen LogP contribution in [0.25, 0.3) is 22.4 Å². The second-order valence-corrected chi connectivity index (χ2v) is 20.4. The quantitative estimate of drug-likeness (QED) is 0.131. The highest BCUT2D eigenvalue weighted by molar-refractivity contribution is 8.01. The maximum atomic E-state index is 13.2. The summed E-state index contributed by atoms with van der Waals surface area (Å²) >= 11 is 6.74. The maximum Gasteiger partial charge on any atom is 0.301 e. The first-order chi connectivity index (χ1) is 21.0. The van der Waals surface area contributed by atoms with Gasteiger partial charge >= 0.3 is 6.01 Å². The van der Waals surface area contributed by atoms with Crippen molar-refractivity contribution in [1.82, 2.24) is 14.5 Å². The monoisotopic (exact) mass is 656 g/mol. The second-order valence-electron chi connectivity index (χ2n) is 12.3. The van der Waals surface area contributed by atoms with Gasteiger partial charge in [0.2, 0.25) is 0 Å². The van der Waals surface area contributed by atoms with Crippen LogP contribution in [-0.2, 0) is 30.6 Å². The molecule has 0 amide bonds. The molecular formula is C31H37ClN4O6SSi. The number of hydrogen-bond acceptors (Lipinski definition) is 8. The topological polar surface area (TPSA) is 117 Å². The fraction of sp³-hybridized carbons (Fsp3) is 0.387. The molecule has 4 heterocycles. The van der Waals surface area contributed by atoms with Crippen LogP contribution in [0, 0.1) is 0 Å². The van der Waals surface area contributed by atoms with Crippen LogP contribution in [0.5, 0.6) is 6.01 Å². The van der Waals surface area contributed by atoms with E-state index < -0.39 is 36.1 Å². The summed E-state index contributed by atoms with van der Waals surface area (Å²) in [5.41, 5.74) is 3.10. The van der Waals surface area contributed by atoms with Crippen LogP contribution in [-0.4, -0.2) is 82.0 Å². The van der Waals surface area contributed by atoms with Gasteiger partial charge < -0.3 is 28.8 Å². The molecular weight excluding hydrogens is 620 g/mol. The zero-order chi connectivity index (χ0) is 31.1. The van der Waals surface area contributed by atoms with Gasteiger partial charge in [-0.25, -0.2) is 9.19 Å². The number of aliphatic hydroxyl groups excluding tert-OH is 1. The van der Waals surface area contributed by atoms with Gasteiger partial charge in [0.05, 0.1) is 33.6 Å². The normalized spacial score (nSPS) is 23.0. The Hall–Kier alpha value is -2.97. The number of ether oxygens (including phenoxy) is 4. The van der Waals surface area contributed by atoms with Gasteiger partial charge in [-0.2, -0.15) is 4.98 Å². The lowest BCUT2D eigenvalue weighted by Gasteiger charge is -2.19. The van der Waals surface area contributed by atoms with Gasteiger partial charge in [0.15, 0.2) is 11.8 Å². The number of nitrogens with zero attached hydrogens (tertiary/aromatic N) is 3. The Balaban J connectivity index is 1.28. The van der Waals surface area contributed by atoms with Crippen LogP contribution in [0.15, 0.2) is 65.6 Å². The summed E-state index contributed by atoms with van der Waals surface area (Å²) in [7, 11) is -4.03. The van der Waals surface area contributed by atoms with E-state index in [1.54, 1.807) is 22.8 Å². The Morgan fingerprint density at radius 2 is 1.82 bits per heavy atom. The fourth-order valence-corrected chi connectivity index (χ4v) is 7.46. The van der Waals surface area contributed by atoms with E-state index >= 15 is 0 Å². The van der Waals surface area contributed by atoms with Crippen molar-refractivity contribution in [3.63, 3.8) is 0 Å². The van der Waals surface area contributed by atoms with E-state index in [2.05, 4.69) is 30.2 Å². The molecule has 0 radical (unpaired) electrons. The van der Waals surface area contributed by atoms with Crippen molar-refractivity contribution < 1.29 is 28.3 Å². The minimum atomic E-state index is -2.73. The molecule has 0 bridgehead atoms. The van der Waals surface area contributed by atoms with Gasteiger partial charge in [-0.05, 0) is 42.2 Å². The Morgan fingerprint density at radius 1 is 1.09 bits per heavy atom. The summed E-state index contributed by atoms with van der Waals surface area (Å²) in [6.45, 7) is 8.19. The predicted octanol–water partition coefficient (Wildman–Crippen LogP) is 5.07. The number of halogens is 1. The lowest BCUT2D eigenvalue weighted by Crippen LogP contribution is -2.35. The molecule has 10 nitrogen and oxygen atoms in total. The van der Waals surface area contributed by atoms with Gasteiger partial charge in [0.1, 0.15) is 30.6 Å². The van der Waals surface area contributed by atoms with Crippen LogP contribution < -0.4 is 9.46 Å². The lowest BCUT2D eigenvalue weighted by atomic mass is 10.1. The Morgan fingerprint density at radius 3 is 2.55 bits per heavy atom. The number of aromatic nitrogens is 3. The molecule has 2 aliphatic rings. The molecule has 2 aromatic carbocycles. The highest BCUT2D eigenvalue weighted by Gasteiger charge is 2.49. The third-order valence-electron chi connectivity index (χ3n) is 7.66. The molecule has 234 valence electrons. The van der Waals surface area contributed by atoms with E-state index in [1.165, 1.54) is 0 Å². The summed E-state index contributed by atoms with van der Waals surface area (Å²) in [5, 5.41) is 10.6. The molecule has 2 fully saturated rings. The molecule has 4 aromatic rings. The molecule has 6 rings (SSSR count). The average molecular weight is 657 g/mol. The number of anilines is 1. The van der Waals surface area contributed by atoms with E-state index in [9.17, 15) is 9.32 Å². The van der Waals surface area contributed by atoms with Gasteiger partial charge in [0.25, 0.3) is 0 Å². The lowest BCUT2D eigenvalue weighted by molar-refractivity contribution is 0.00336. The van der Waals surface area contributed by atoms with E-state index in [1.807, 2.05) is 42.5 Å². The molecule has 0 aliphatic carbocycles. The molecule has 2 N–H and O–H groups in total. The van der Waals surface area contributed by atoms with Gasteiger partial charge in [-0.3, -0.25) is 4.57 Å². The van der Waals surface area contributed by atoms with Crippen molar-refractivity contribution in [2.45, 2.75) is 61.7 Å². The number of fused-ring (bicyclic) bond motifs is 2. The second kappa shape index (κ2) is 12.4. The molecule has 0 spiro atoms. The highest BCUT2D eigenvalue weighted by Crippen LogP contribution is 2.34. The van der Waals surface area contributed by atoms with E-state index in [0.717, 1.165) is 11.6 Å². The first-order valence-electron chi connectivity index (χ1n) is 14.5. The van der Waals surface area contributed by atoms with Gasteiger partial charge in [-0.1, -0.05) is 61.6 Å². The molecule has 5 unspecified atom stereocenters. The minimum Gasteiger partial charge on any atom is -0.456 e. The molecule has 5 atom stereocenters. The number of nitrogens with one attached hydrogen (secondary N) is 1. The van der Waals surface area contributed by atoms with Crippen molar-refractivity contribution in [2.75, 3.05) is 24.5 Å². The van der Waals surface area contributed by atoms with Crippen molar-refractivity contribution >= 4 is 52.1 Å². The number of pyridine rings is 1. The summed E-state index contributed by atoms with van der Waals surface area (Å²) in [6, 6.07) is 19.6. The third kappa shape index (κ3) is 6.66. The van der Waals surface area contributed by atoms with Crippen LogP contribution in [0.1, 0.15) is 0 Å². The first-order valence-corrected chi connectivity index (χ1v) is 20.3. The van der Waals surface area contributed by atoms with Crippen molar-refractivity contribution in [2.24, 2.45) is 0 Å². The molecule has 44 heavy (non-hydrogen) atoms. The average Bonchev–Trinajstić information content (AvgIpc) is 3.66. The molecule has 2 aliphatic heterocycles. The Bertz CT molecular complexity index is 1730. The van der Waals surface area contributed by atoms with Crippen molar-refractivity contribution in [1.29, 1.82) is 0 Å². The number of benzene rings is 2. The van der Waals surface area contributed by atoms with E-state index in [-0.39, 0.29) is 26.0 Å². The zero-order valence-electron chi connectivity index (χ0n) is 24.9. The largest absolute Gasteiger partial charge is 0.456 e. The minimum absolute atomic E-state index is 0.190. The van der Waals surface area contributed by atoms with E-state index in [4.69, 9.17) is 40.5 Å². The zero-order valence-corrected chi connectivity index (χ0v) is 27.5. The molecule has 0 saturated carbocycles. The smallest absolute Gasteiger partial charge is 0.301 e. The standard InChI is InChI=1S/C31H37ClN4O6SSi/c1-43(38,22-8-6-5-7-9-22)35-21-12-10-20(11-13-21)27-23(32)16-24-30(34-27)36(19-39-14-15-44(2,3)4)31(33-24)42-26-18-41-28-25(37)17-40-29(26)28/h5-13,16,25-26,28-29,37H,1,14-15,17-19H2,2-4H3,(H,35,38). The van der Waals surface area contributed by atoms with Crippen LogP contribution in [0.2, 0.25) is 30.7 Å². The molecule has 13 heteroatoms. The van der Waals surface area contributed by atoms with Crippen molar-refractivity contribution in [3.8, 4) is 17.3 Å². The van der Waals surface area contributed by atoms with Crippen LogP contribution in [0.3, 0.4) is 0 Å². The number of aliphatic hydroxyl groups is 1. The van der Waals surface area contributed by atoms with Crippen molar-refractivity contribution in [3.05, 3.63) is 65.7 Å². The van der Waals surface area contributed by atoms with Gasteiger partial charge in [-0.15, -0.1) is 0 Å². The van der Waals surface area contributed by atoms with Gasteiger partial charge in [0, 0.05) is 30.8 Å². The Labute approximate surface area is 263 Å². The van der Waals surface area contributed by atoms with E-state index in [0.29, 0.717) is 45.1 Å². The van der Waals surface area contributed by atoms with Crippen LogP contribution in [0.4, 0.5) is 5.69 Å². The Kier molecular flexibility index (Phi) is 8.77. The number of hydrogen-bond donors (Lipinski definition) is 2. The summed E-state index contributed by atoms with van der Waals surface area (Å²) < 4.78 is 42.0. The molecule has 2 saturated heterocycles. The summed E-state index contributed by atoms with van der Waals surface area (Å²) in [5.74, 6) is 3.90. The fourth-order valence-electron chi connectivity index (χ4n) is 5.21. The highest BCUT2D eigenvalue weighted by atomic mass is 35.5.